The second-order valence-corrected chi connectivity index (χ2v) is 5.44. The van der Waals surface area contributed by atoms with E-state index in [0.29, 0.717) is 16.3 Å². The standard InChI is InChI=1S/C17H14ClN3O2/c1-11-14(10-19-21(11)13-5-3-2-4-6-13)17(23)20-15-9-12(18)7-8-16(15)22/h2-10,22H,1H3,(H,20,23). The number of aromatic hydroxyl groups is 1. The molecule has 0 aliphatic carbocycles. The van der Waals surface area contributed by atoms with Gasteiger partial charge in [-0.25, -0.2) is 4.68 Å². The van der Waals surface area contributed by atoms with Crippen LogP contribution in [0.1, 0.15) is 16.1 Å². The molecule has 0 saturated heterocycles. The number of carbonyl (C=O) groups is 1. The van der Waals surface area contributed by atoms with E-state index in [0.717, 1.165) is 5.69 Å². The van der Waals surface area contributed by atoms with Crippen LogP contribution in [-0.2, 0) is 0 Å². The molecule has 0 unspecified atom stereocenters. The second-order valence-electron chi connectivity index (χ2n) is 5.01. The van der Waals surface area contributed by atoms with Crippen molar-refractivity contribution < 1.29 is 9.90 Å². The number of hydrogen-bond acceptors (Lipinski definition) is 3. The topological polar surface area (TPSA) is 67.2 Å². The number of halogens is 1. The van der Waals surface area contributed by atoms with Gasteiger partial charge in [0, 0.05) is 5.02 Å². The minimum atomic E-state index is -0.359. The third-order valence-corrected chi connectivity index (χ3v) is 3.70. The molecule has 0 atom stereocenters. The lowest BCUT2D eigenvalue weighted by Crippen LogP contribution is -2.13. The van der Waals surface area contributed by atoms with Crippen molar-refractivity contribution in [1.82, 2.24) is 9.78 Å². The molecule has 1 amide bonds. The van der Waals surface area contributed by atoms with Gasteiger partial charge < -0.3 is 10.4 Å². The molecule has 0 aliphatic heterocycles. The molecule has 0 fully saturated rings. The van der Waals surface area contributed by atoms with Gasteiger partial charge >= 0.3 is 0 Å². The Kier molecular flexibility index (Phi) is 4.04. The van der Waals surface area contributed by atoms with Crippen molar-refractivity contribution in [1.29, 1.82) is 0 Å². The molecule has 3 aromatic rings. The molecule has 6 heteroatoms. The fourth-order valence-electron chi connectivity index (χ4n) is 2.26. The van der Waals surface area contributed by atoms with Gasteiger partial charge in [-0.1, -0.05) is 29.8 Å². The summed E-state index contributed by atoms with van der Waals surface area (Å²) in [6.07, 6.45) is 1.50. The Bertz CT molecular complexity index is 860. The van der Waals surface area contributed by atoms with E-state index in [1.54, 1.807) is 10.7 Å². The number of carbonyl (C=O) groups excluding carboxylic acids is 1. The van der Waals surface area contributed by atoms with Crippen LogP contribution in [0.4, 0.5) is 5.69 Å². The number of benzene rings is 2. The molecule has 0 saturated carbocycles. The van der Waals surface area contributed by atoms with Crippen LogP contribution in [0.2, 0.25) is 5.02 Å². The Morgan fingerprint density at radius 2 is 1.96 bits per heavy atom. The number of nitrogens with zero attached hydrogens (tertiary/aromatic N) is 2. The molecule has 0 bridgehead atoms. The number of phenolic OH excluding ortho intramolecular Hbond substituents is 1. The first-order chi connectivity index (χ1) is 11.1. The predicted molar refractivity (Wildman–Crippen MR) is 89.4 cm³/mol. The van der Waals surface area contributed by atoms with Gasteiger partial charge in [0.15, 0.2) is 0 Å². The zero-order valence-corrected chi connectivity index (χ0v) is 13.1. The van der Waals surface area contributed by atoms with Crippen LogP contribution in [0.15, 0.2) is 54.7 Å². The van der Waals surface area contributed by atoms with Gasteiger partial charge in [-0.05, 0) is 37.3 Å². The SMILES string of the molecule is Cc1c(C(=O)Nc2cc(Cl)ccc2O)cnn1-c1ccccc1. The highest BCUT2D eigenvalue weighted by atomic mass is 35.5. The second kappa shape index (κ2) is 6.14. The fourth-order valence-corrected chi connectivity index (χ4v) is 2.43. The molecule has 2 N–H and O–H groups in total. The van der Waals surface area contributed by atoms with E-state index in [4.69, 9.17) is 11.6 Å². The van der Waals surface area contributed by atoms with Crippen molar-refractivity contribution >= 4 is 23.2 Å². The highest BCUT2D eigenvalue weighted by molar-refractivity contribution is 6.31. The summed E-state index contributed by atoms with van der Waals surface area (Å²) in [5.74, 6) is -0.405. The molecule has 3 rings (SSSR count). The number of phenols is 1. The number of nitrogens with one attached hydrogen (secondary N) is 1. The Morgan fingerprint density at radius 3 is 2.70 bits per heavy atom. The van der Waals surface area contributed by atoms with Gasteiger partial charge in [-0.3, -0.25) is 4.79 Å². The summed E-state index contributed by atoms with van der Waals surface area (Å²) < 4.78 is 1.69. The molecular formula is C17H14ClN3O2. The van der Waals surface area contributed by atoms with Crippen molar-refractivity contribution in [2.45, 2.75) is 6.92 Å². The summed E-state index contributed by atoms with van der Waals surface area (Å²) in [6.45, 7) is 1.81. The molecule has 23 heavy (non-hydrogen) atoms. The van der Waals surface area contributed by atoms with Crippen molar-refractivity contribution in [3.05, 3.63) is 71.0 Å². The quantitative estimate of drug-likeness (QED) is 0.719. The summed E-state index contributed by atoms with van der Waals surface area (Å²) in [4.78, 5) is 12.4. The molecular weight excluding hydrogens is 314 g/mol. The average Bonchev–Trinajstić information content (AvgIpc) is 2.93. The molecule has 1 heterocycles. The van der Waals surface area contributed by atoms with Crippen molar-refractivity contribution in [3.8, 4) is 11.4 Å². The van der Waals surface area contributed by atoms with Gasteiger partial charge in [0.2, 0.25) is 0 Å². The van der Waals surface area contributed by atoms with E-state index in [1.807, 2.05) is 37.3 Å². The third kappa shape index (κ3) is 3.05. The average molecular weight is 328 g/mol. The number of para-hydroxylation sites is 1. The largest absolute Gasteiger partial charge is 0.506 e. The van der Waals surface area contributed by atoms with E-state index >= 15 is 0 Å². The lowest BCUT2D eigenvalue weighted by Gasteiger charge is -2.08. The number of anilines is 1. The lowest BCUT2D eigenvalue weighted by molar-refractivity contribution is 0.102. The smallest absolute Gasteiger partial charge is 0.259 e. The van der Waals surface area contributed by atoms with Crippen LogP contribution in [0, 0.1) is 6.92 Å². The summed E-state index contributed by atoms with van der Waals surface area (Å²) >= 11 is 5.88. The molecule has 0 aliphatic rings. The first kappa shape index (κ1) is 15.1. The van der Waals surface area contributed by atoms with Crippen molar-refractivity contribution in [3.63, 3.8) is 0 Å². The van der Waals surface area contributed by atoms with Crippen molar-refractivity contribution in [2.24, 2.45) is 0 Å². The summed E-state index contributed by atoms with van der Waals surface area (Å²) in [5, 5.41) is 17.1. The monoisotopic (exact) mass is 327 g/mol. The maximum Gasteiger partial charge on any atom is 0.259 e. The van der Waals surface area contributed by atoms with E-state index in [1.165, 1.54) is 18.3 Å². The van der Waals surface area contributed by atoms with Crippen LogP contribution in [0.5, 0.6) is 5.75 Å². The van der Waals surface area contributed by atoms with Crippen LogP contribution >= 0.6 is 11.6 Å². The van der Waals surface area contributed by atoms with Gasteiger partial charge in [0.25, 0.3) is 5.91 Å². The molecule has 2 aromatic carbocycles. The number of hydrogen-bond donors (Lipinski definition) is 2. The Hall–Kier alpha value is -2.79. The predicted octanol–water partition coefficient (Wildman–Crippen LogP) is 3.79. The van der Waals surface area contributed by atoms with E-state index in [2.05, 4.69) is 10.4 Å². The molecule has 0 radical (unpaired) electrons. The fraction of sp³-hybridized carbons (Fsp3) is 0.0588. The first-order valence-corrected chi connectivity index (χ1v) is 7.34. The van der Waals surface area contributed by atoms with Crippen LogP contribution in [0.25, 0.3) is 5.69 Å². The summed E-state index contributed by atoms with van der Waals surface area (Å²) in [6, 6.07) is 14.0. The van der Waals surface area contributed by atoms with Crippen LogP contribution < -0.4 is 5.32 Å². The van der Waals surface area contributed by atoms with E-state index in [-0.39, 0.29) is 17.3 Å². The Labute approximate surface area is 138 Å². The Balaban J connectivity index is 1.89. The minimum absolute atomic E-state index is 0.0455. The van der Waals surface area contributed by atoms with Crippen LogP contribution in [0.3, 0.4) is 0 Å². The summed E-state index contributed by atoms with van der Waals surface area (Å²) in [5.41, 5.74) is 2.26. The number of rotatable bonds is 3. The zero-order chi connectivity index (χ0) is 16.4. The molecule has 116 valence electrons. The van der Waals surface area contributed by atoms with E-state index in [9.17, 15) is 9.90 Å². The Morgan fingerprint density at radius 1 is 1.22 bits per heavy atom. The number of aromatic nitrogens is 2. The molecule has 5 nitrogen and oxygen atoms in total. The normalized spacial score (nSPS) is 10.5. The lowest BCUT2D eigenvalue weighted by atomic mass is 10.2. The first-order valence-electron chi connectivity index (χ1n) is 6.96. The van der Waals surface area contributed by atoms with Gasteiger partial charge in [0.1, 0.15) is 5.75 Å². The minimum Gasteiger partial charge on any atom is -0.506 e. The van der Waals surface area contributed by atoms with E-state index < -0.39 is 0 Å². The number of amides is 1. The van der Waals surface area contributed by atoms with Crippen LogP contribution in [-0.4, -0.2) is 20.8 Å². The van der Waals surface area contributed by atoms with Crippen molar-refractivity contribution in [2.75, 3.05) is 5.32 Å². The highest BCUT2D eigenvalue weighted by Gasteiger charge is 2.16. The molecule has 1 aromatic heterocycles. The maximum absolute atomic E-state index is 12.4. The van der Waals surface area contributed by atoms with Gasteiger partial charge in [-0.2, -0.15) is 5.10 Å². The highest BCUT2D eigenvalue weighted by Crippen LogP contribution is 2.27. The zero-order valence-electron chi connectivity index (χ0n) is 12.3. The maximum atomic E-state index is 12.4. The van der Waals surface area contributed by atoms with Gasteiger partial charge in [0.05, 0.1) is 28.8 Å². The van der Waals surface area contributed by atoms with Gasteiger partial charge in [-0.15, -0.1) is 0 Å². The molecule has 0 spiro atoms. The third-order valence-electron chi connectivity index (χ3n) is 3.46. The summed E-state index contributed by atoms with van der Waals surface area (Å²) in [7, 11) is 0.